The Hall–Kier alpha value is -2.78. The van der Waals surface area contributed by atoms with Crippen molar-refractivity contribution >= 4 is 27.5 Å². The molecule has 0 atom stereocenters. The van der Waals surface area contributed by atoms with Crippen molar-refractivity contribution in [2.24, 2.45) is 0 Å². The van der Waals surface area contributed by atoms with E-state index in [9.17, 15) is 22.4 Å². The molecule has 0 saturated carbocycles. The van der Waals surface area contributed by atoms with Crippen LogP contribution in [0.3, 0.4) is 0 Å². The Balaban J connectivity index is 1.95. The quantitative estimate of drug-likeness (QED) is 0.654. The fourth-order valence-electron chi connectivity index (χ4n) is 2.39. The fourth-order valence-corrected chi connectivity index (χ4v) is 3.64. The van der Waals surface area contributed by atoms with Gasteiger partial charge in [0.15, 0.2) is 0 Å². The average molecular weight is 407 g/mol. The summed E-state index contributed by atoms with van der Waals surface area (Å²) in [5.74, 6) is -1.40. The van der Waals surface area contributed by atoms with Gasteiger partial charge in [-0.2, -0.15) is 0 Å². The van der Waals surface area contributed by atoms with Crippen LogP contribution in [0.1, 0.15) is 29.8 Å². The Morgan fingerprint density at radius 1 is 1.07 bits per heavy atom. The van der Waals surface area contributed by atoms with Crippen molar-refractivity contribution in [2.45, 2.75) is 31.7 Å². The van der Waals surface area contributed by atoms with Crippen LogP contribution in [0.5, 0.6) is 0 Å². The van der Waals surface area contributed by atoms with Crippen molar-refractivity contribution in [3.63, 3.8) is 0 Å². The lowest BCUT2D eigenvalue weighted by Crippen LogP contribution is -2.33. The summed E-state index contributed by atoms with van der Waals surface area (Å²) in [6, 6.07) is 9.08. The minimum absolute atomic E-state index is 0.0438. The van der Waals surface area contributed by atoms with Gasteiger partial charge in [0.2, 0.25) is 15.9 Å². The van der Waals surface area contributed by atoms with Crippen molar-refractivity contribution in [2.75, 3.05) is 11.9 Å². The van der Waals surface area contributed by atoms with E-state index < -0.39 is 27.7 Å². The van der Waals surface area contributed by atoms with Crippen molar-refractivity contribution in [3.05, 3.63) is 59.4 Å². The Labute approximate surface area is 163 Å². The van der Waals surface area contributed by atoms with Gasteiger partial charge in [-0.1, -0.05) is 0 Å². The highest BCUT2D eigenvalue weighted by Crippen LogP contribution is 2.15. The highest BCUT2D eigenvalue weighted by Gasteiger charge is 2.16. The second-order valence-electron chi connectivity index (χ2n) is 6.49. The molecule has 0 heterocycles. The second kappa shape index (κ2) is 8.94. The summed E-state index contributed by atoms with van der Waals surface area (Å²) in [4.78, 5) is 24.2. The smallest absolute Gasteiger partial charge is 0.251 e. The molecule has 0 fully saturated rings. The van der Waals surface area contributed by atoms with Gasteiger partial charge in [0, 0.05) is 17.3 Å². The number of rotatable bonds is 7. The predicted molar refractivity (Wildman–Crippen MR) is 104 cm³/mol. The molecule has 150 valence electrons. The van der Waals surface area contributed by atoms with Crippen molar-refractivity contribution < 1.29 is 22.4 Å². The van der Waals surface area contributed by atoms with Crippen LogP contribution in [0.15, 0.2) is 47.4 Å². The monoisotopic (exact) mass is 407 g/mol. The number of sulfonamides is 1. The number of hydrogen-bond acceptors (Lipinski definition) is 4. The lowest BCUT2D eigenvalue weighted by molar-refractivity contribution is -0.115. The van der Waals surface area contributed by atoms with Gasteiger partial charge < -0.3 is 10.6 Å². The van der Waals surface area contributed by atoms with Crippen LogP contribution in [0.4, 0.5) is 10.1 Å². The minimum atomic E-state index is -3.64. The molecule has 0 aromatic heterocycles. The molecule has 28 heavy (non-hydrogen) atoms. The molecule has 0 bridgehead atoms. The standard InChI is InChI=1S/C19H22FN3O4S/c1-12(2)23-28(26,27)16-7-4-14(5-8-16)19(25)21-11-18(24)22-17-9-6-15(20)10-13(17)3/h4-10,12,23H,11H2,1-3H3,(H,21,25)(H,22,24). The zero-order chi connectivity index (χ0) is 20.9. The van der Waals surface area contributed by atoms with Gasteiger partial charge in [0.1, 0.15) is 5.82 Å². The summed E-state index contributed by atoms with van der Waals surface area (Å²) in [5.41, 5.74) is 1.23. The van der Waals surface area contributed by atoms with E-state index in [2.05, 4.69) is 15.4 Å². The van der Waals surface area contributed by atoms with Gasteiger partial charge >= 0.3 is 0 Å². The molecule has 0 radical (unpaired) electrons. The number of halogens is 1. The van der Waals surface area contributed by atoms with E-state index in [1.807, 2.05) is 0 Å². The molecule has 2 rings (SSSR count). The van der Waals surface area contributed by atoms with Gasteiger partial charge in [-0.15, -0.1) is 0 Å². The van der Waals surface area contributed by atoms with Crippen molar-refractivity contribution in [1.29, 1.82) is 0 Å². The summed E-state index contributed by atoms with van der Waals surface area (Å²) < 4.78 is 39.7. The van der Waals surface area contributed by atoms with Gasteiger partial charge in [-0.05, 0) is 68.8 Å². The zero-order valence-electron chi connectivity index (χ0n) is 15.7. The van der Waals surface area contributed by atoms with Crippen LogP contribution in [-0.4, -0.2) is 32.8 Å². The maximum atomic E-state index is 13.1. The van der Waals surface area contributed by atoms with E-state index in [0.717, 1.165) is 0 Å². The maximum Gasteiger partial charge on any atom is 0.251 e. The second-order valence-corrected chi connectivity index (χ2v) is 8.20. The summed E-state index contributed by atoms with van der Waals surface area (Å²) in [5, 5.41) is 5.03. The third-order valence-electron chi connectivity index (χ3n) is 3.69. The van der Waals surface area contributed by atoms with Crippen molar-refractivity contribution in [3.8, 4) is 0 Å². The van der Waals surface area contributed by atoms with E-state index in [-0.39, 0.29) is 23.0 Å². The van der Waals surface area contributed by atoms with E-state index in [4.69, 9.17) is 0 Å². The van der Waals surface area contributed by atoms with Gasteiger partial charge in [0.25, 0.3) is 5.91 Å². The van der Waals surface area contributed by atoms with Crippen LogP contribution in [0.2, 0.25) is 0 Å². The third kappa shape index (κ3) is 5.86. The molecular formula is C19H22FN3O4S. The fraction of sp³-hybridized carbons (Fsp3) is 0.263. The highest BCUT2D eigenvalue weighted by molar-refractivity contribution is 7.89. The molecule has 3 N–H and O–H groups in total. The van der Waals surface area contributed by atoms with Gasteiger partial charge in [0.05, 0.1) is 11.4 Å². The number of hydrogen-bond donors (Lipinski definition) is 3. The highest BCUT2D eigenvalue weighted by atomic mass is 32.2. The number of benzene rings is 2. The number of carbonyl (C=O) groups is 2. The lowest BCUT2D eigenvalue weighted by Gasteiger charge is -2.11. The largest absolute Gasteiger partial charge is 0.343 e. The summed E-state index contributed by atoms with van der Waals surface area (Å²) in [6.07, 6.45) is 0. The molecular weight excluding hydrogens is 385 g/mol. The first-order chi connectivity index (χ1) is 13.1. The summed E-state index contributed by atoms with van der Waals surface area (Å²) >= 11 is 0. The average Bonchev–Trinajstić information content (AvgIpc) is 2.61. The Bertz CT molecular complexity index is 973. The zero-order valence-corrected chi connectivity index (χ0v) is 16.6. The van der Waals surface area contributed by atoms with E-state index in [0.29, 0.717) is 11.3 Å². The predicted octanol–water partition coefficient (Wildman–Crippen LogP) is 2.19. The Morgan fingerprint density at radius 2 is 1.71 bits per heavy atom. The SMILES string of the molecule is Cc1cc(F)ccc1NC(=O)CNC(=O)c1ccc(S(=O)(=O)NC(C)C)cc1. The molecule has 2 amide bonds. The molecule has 7 nitrogen and oxygen atoms in total. The topological polar surface area (TPSA) is 104 Å². The van der Waals surface area contributed by atoms with Crippen LogP contribution in [0.25, 0.3) is 0 Å². The van der Waals surface area contributed by atoms with Crippen LogP contribution in [0, 0.1) is 12.7 Å². The molecule has 2 aromatic carbocycles. The van der Waals surface area contributed by atoms with Crippen LogP contribution in [-0.2, 0) is 14.8 Å². The van der Waals surface area contributed by atoms with Gasteiger partial charge in [-0.3, -0.25) is 9.59 Å². The molecule has 9 heteroatoms. The van der Waals surface area contributed by atoms with E-state index >= 15 is 0 Å². The number of aryl methyl sites for hydroxylation is 1. The molecule has 2 aromatic rings. The molecule has 0 unspecified atom stereocenters. The third-order valence-corrected chi connectivity index (χ3v) is 5.36. The summed E-state index contributed by atoms with van der Waals surface area (Å²) in [7, 11) is -3.64. The van der Waals surface area contributed by atoms with Gasteiger partial charge in [-0.25, -0.2) is 17.5 Å². The lowest BCUT2D eigenvalue weighted by atomic mass is 10.2. The number of amides is 2. The Kier molecular flexibility index (Phi) is 6.87. The first-order valence-corrected chi connectivity index (χ1v) is 10.0. The Morgan fingerprint density at radius 3 is 2.29 bits per heavy atom. The summed E-state index contributed by atoms with van der Waals surface area (Å²) in [6.45, 7) is 4.78. The maximum absolute atomic E-state index is 13.1. The number of anilines is 1. The molecule has 0 spiro atoms. The first kappa shape index (κ1) is 21.5. The minimum Gasteiger partial charge on any atom is -0.343 e. The molecule has 0 saturated heterocycles. The number of carbonyl (C=O) groups excluding carboxylic acids is 2. The number of nitrogens with one attached hydrogen (secondary N) is 3. The molecule has 0 aliphatic heterocycles. The first-order valence-electron chi connectivity index (χ1n) is 8.55. The van der Waals surface area contributed by atoms with Crippen LogP contribution >= 0.6 is 0 Å². The van der Waals surface area contributed by atoms with Crippen molar-refractivity contribution in [1.82, 2.24) is 10.0 Å². The van der Waals surface area contributed by atoms with Crippen LogP contribution < -0.4 is 15.4 Å². The molecule has 0 aliphatic carbocycles. The normalized spacial score (nSPS) is 11.3. The molecule has 0 aliphatic rings. The van der Waals surface area contributed by atoms with E-state index in [1.165, 1.54) is 42.5 Å². The van der Waals surface area contributed by atoms with E-state index in [1.54, 1.807) is 20.8 Å².